The maximum atomic E-state index is 13.2. The quantitative estimate of drug-likeness (QED) is 0.798. The molecular formula is C19H18FN3O. The summed E-state index contributed by atoms with van der Waals surface area (Å²) in [7, 11) is 0. The van der Waals surface area contributed by atoms with E-state index in [4.69, 9.17) is 0 Å². The monoisotopic (exact) mass is 323 g/mol. The van der Waals surface area contributed by atoms with Crippen LogP contribution in [0.2, 0.25) is 0 Å². The van der Waals surface area contributed by atoms with Gasteiger partial charge in [0.15, 0.2) is 0 Å². The van der Waals surface area contributed by atoms with Gasteiger partial charge in [-0.1, -0.05) is 24.3 Å². The lowest BCUT2D eigenvalue weighted by molar-refractivity contribution is 0.0950. The summed E-state index contributed by atoms with van der Waals surface area (Å²) in [5, 5.41) is 7.38. The van der Waals surface area contributed by atoms with Crippen LogP contribution in [0, 0.1) is 19.7 Å². The van der Waals surface area contributed by atoms with Crippen LogP contribution in [-0.2, 0) is 6.54 Å². The number of benzene rings is 2. The standard InChI is InChI=1S/C19H18FN3O/c1-13-18(12-21-19(24)15-7-6-8-16(20)11-15)14(2)23(22-13)17-9-4-3-5-10-17/h3-11H,12H2,1-2H3,(H,21,24). The van der Waals surface area contributed by atoms with Crippen molar-refractivity contribution in [3.63, 3.8) is 0 Å². The molecule has 0 atom stereocenters. The van der Waals surface area contributed by atoms with Gasteiger partial charge in [-0.2, -0.15) is 5.10 Å². The van der Waals surface area contributed by atoms with Gasteiger partial charge in [-0.15, -0.1) is 0 Å². The van der Waals surface area contributed by atoms with Crippen molar-refractivity contribution >= 4 is 5.91 Å². The van der Waals surface area contributed by atoms with Gasteiger partial charge in [-0.3, -0.25) is 4.79 Å². The highest BCUT2D eigenvalue weighted by Crippen LogP contribution is 2.17. The minimum Gasteiger partial charge on any atom is -0.348 e. The zero-order valence-electron chi connectivity index (χ0n) is 13.6. The highest BCUT2D eigenvalue weighted by atomic mass is 19.1. The number of aromatic nitrogens is 2. The molecule has 2 aromatic carbocycles. The van der Waals surface area contributed by atoms with Crippen LogP contribution in [0.15, 0.2) is 54.6 Å². The highest BCUT2D eigenvalue weighted by molar-refractivity contribution is 5.94. The van der Waals surface area contributed by atoms with Crippen LogP contribution in [0.4, 0.5) is 4.39 Å². The van der Waals surface area contributed by atoms with Crippen molar-refractivity contribution in [3.8, 4) is 5.69 Å². The second kappa shape index (κ2) is 6.66. The van der Waals surface area contributed by atoms with Crippen molar-refractivity contribution in [3.05, 3.63) is 82.9 Å². The number of para-hydroxylation sites is 1. The van der Waals surface area contributed by atoms with E-state index >= 15 is 0 Å². The lowest BCUT2D eigenvalue weighted by Crippen LogP contribution is -2.23. The molecule has 1 aromatic heterocycles. The molecule has 0 bridgehead atoms. The molecule has 0 unspecified atom stereocenters. The van der Waals surface area contributed by atoms with Gasteiger partial charge in [-0.05, 0) is 44.2 Å². The minimum absolute atomic E-state index is 0.305. The number of carbonyl (C=O) groups excluding carboxylic acids is 1. The molecule has 1 heterocycles. The van der Waals surface area contributed by atoms with Crippen molar-refractivity contribution in [2.75, 3.05) is 0 Å². The molecule has 4 nitrogen and oxygen atoms in total. The molecule has 3 rings (SSSR count). The first-order chi connectivity index (χ1) is 11.6. The largest absolute Gasteiger partial charge is 0.348 e. The van der Waals surface area contributed by atoms with E-state index < -0.39 is 5.82 Å². The number of carbonyl (C=O) groups is 1. The fraction of sp³-hybridized carbons (Fsp3) is 0.158. The molecule has 24 heavy (non-hydrogen) atoms. The molecule has 1 N–H and O–H groups in total. The fourth-order valence-electron chi connectivity index (χ4n) is 2.65. The van der Waals surface area contributed by atoms with Crippen molar-refractivity contribution in [1.82, 2.24) is 15.1 Å². The minimum atomic E-state index is -0.424. The third kappa shape index (κ3) is 3.20. The summed E-state index contributed by atoms with van der Waals surface area (Å²) in [4.78, 5) is 12.2. The normalized spacial score (nSPS) is 10.6. The van der Waals surface area contributed by atoms with Crippen LogP contribution in [-0.4, -0.2) is 15.7 Å². The van der Waals surface area contributed by atoms with E-state index in [2.05, 4.69) is 10.4 Å². The van der Waals surface area contributed by atoms with Gasteiger partial charge in [0, 0.05) is 23.4 Å². The lowest BCUT2D eigenvalue weighted by atomic mass is 10.1. The van der Waals surface area contributed by atoms with Crippen LogP contribution in [0.25, 0.3) is 5.69 Å². The predicted molar refractivity (Wildman–Crippen MR) is 90.6 cm³/mol. The Morgan fingerprint density at radius 1 is 1.12 bits per heavy atom. The van der Waals surface area contributed by atoms with E-state index in [-0.39, 0.29) is 5.91 Å². The lowest BCUT2D eigenvalue weighted by Gasteiger charge is -2.07. The van der Waals surface area contributed by atoms with E-state index in [0.717, 1.165) is 22.6 Å². The number of rotatable bonds is 4. The van der Waals surface area contributed by atoms with Crippen molar-refractivity contribution in [1.29, 1.82) is 0 Å². The number of amides is 1. The Hall–Kier alpha value is -2.95. The van der Waals surface area contributed by atoms with Gasteiger partial charge in [0.2, 0.25) is 0 Å². The Morgan fingerprint density at radius 2 is 1.88 bits per heavy atom. The number of hydrogen-bond acceptors (Lipinski definition) is 2. The van der Waals surface area contributed by atoms with Crippen molar-refractivity contribution < 1.29 is 9.18 Å². The summed E-state index contributed by atoms with van der Waals surface area (Å²) in [5.41, 5.74) is 4.07. The van der Waals surface area contributed by atoms with Crippen LogP contribution in [0.1, 0.15) is 27.3 Å². The van der Waals surface area contributed by atoms with Crippen LogP contribution in [0.5, 0.6) is 0 Å². The second-order valence-corrected chi connectivity index (χ2v) is 5.59. The molecule has 0 aliphatic carbocycles. The predicted octanol–water partition coefficient (Wildman–Crippen LogP) is 3.56. The summed E-state index contributed by atoms with van der Waals surface area (Å²) in [5.74, 6) is -0.729. The van der Waals surface area contributed by atoms with Crippen LogP contribution in [0.3, 0.4) is 0 Å². The third-order valence-corrected chi connectivity index (χ3v) is 3.95. The summed E-state index contributed by atoms with van der Waals surface area (Å²) in [6.45, 7) is 4.23. The molecule has 122 valence electrons. The Labute approximate surface area is 139 Å². The van der Waals surface area contributed by atoms with Gasteiger partial charge < -0.3 is 5.32 Å². The van der Waals surface area contributed by atoms with Crippen LogP contribution >= 0.6 is 0 Å². The summed E-state index contributed by atoms with van der Waals surface area (Å²) in [6, 6.07) is 15.5. The first-order valence-electron chi connectivity index (χ1n) is 7.70. The van der Waals surface area contributed by atoms with Crippen molar-refractivity contribution in [2.45, 2.75) is 20.4 Å². The smallest absolute Gasteiger partial charge is 0.251 e. The molecule has 3 aromatic rings. The van der Waals surface area contributed by atoms with E-state index in [1.54, 1.807) is 6.07 Å². The molecule has 5 heteroatoms. The summed E-state index contributed by atoms with van der Waals surface area (Å²) >= 11 is 0. The Bertz CT molecular complexity index is 872. The first kappa shape index (κ1) is 15.9. The zero-order chi connectivity index (χ0) is 17.1. The van der Waals surface area contributed by atoms with E-state index in [1.165, 1.54) is 18.2 Å². The number of halogens is 1. The molecule has 0 radical (unpaired) electrons. The SMILES string of the molecule is Cc1nn(-c2ccccc2)c(C)c1CNC(=O)c1cccc(F)c1. The highest BCUT2D eigenvalue weighted by Gasteiger charge is 2.14. The van der Waals surface area contributed by atoms with Crippen LogP contribution < -0.4 is 5.32 Å². The molecule has 0 spiro atoms. The van der Waals surface area contributed by atoms with E-state index in [1.807, 2.05) is 48.9 Å². The first-order valence-corrected chi connectivity index (χ1v) is 7.70. The van der Waals surface area contributed by atoms with Crippen molar-refractivity contribution in [2.24, 2.45) is 0 Å². The number of aryl methyl sites for hydroxylation is 1. The second-order valence-electron chi connectivity index (χ2n) is 5.59. The number of hydrogen-bond donors (Lipinski definition) is 1. The molecular weight excluding hydrogens is 305 g/mol. The third-order valence-electron chi connectivity index (χ3n) is 3.95. The summed E-state index contributed by atoms with van der Waals surface area (Å²) < 4.78 is 15.1. The average Bonchev–Trinajstić information content (AvgIpc) is 2.88. The van der Waals surface area contributed by atoms with Gasteiger partial charge in [-0.25, -0.2) is 9.07 Å². The maximum absolute atomic E-state index is 13.2. The zero-order valence-corrected chi connectivity index (χ0v) is 13.6. The average molecular weight is 323 g/mol. The number of nitrogens with one attached hydrogen (secondary N) is 1. The van der Waals surface area contributed by atoms with Gasteiger partial charge in [0.05, 0.1) is 11.4 Å². The molecule has 0 aliphatic heterocycles. The molecule has 0 aliphatic rings. The number of nitrogens with zero attached hydrogens (tertiary/aromatic N) is 2. The van der Waals surface area contributed by atoms with E-state index in [9.17, 15) is 9.18 Å². The molecule has 0 saturated heterocycles. The van der Waals surface area contributed by atoms with Gasteiger partial charge in [0.1, 0.15) is 5.82 Å². The van der Waals surface area contributed by atoms with E-state index in [0.29, 0.717) is 12.1 Å². The van der Waals surface area contributed by atoms with Gasteiger partial charge in [0.25, 0.3) is 5.91 Å². The maximum Gasteiger partial charge on any atom is 0.251 e. The van der Waals surface area contributed by atoms with Gasteiger partial charge >= 0.3 is 0 Å². The Balaban J connectivity index is 1.79. The molecule has 1 amide bonds. The Morgan fingerprint density at radius 3 is 2.58 bits per heavy atom. The molecule has 0 fully saturated rings. The Kier molecular flexibility index (Phi) is 4.42. The molecule has 0 saturated carbocycles. The fourth-order valence-corrected chi connectivity index (χ4v) is 2.65. The summed E-state index contributed by atoms with van der Waals surface area (Å²) in [6.07, 6.45) is 0. The topological polar surface area (TPSA) is 46.9 Å².